The number of fused-ring (bicyclic) bond motifs is 1. The zero-order valence-electron chi connectivity index (χ0n) is 16.8. The monoisotopic (exact) mass is 426 g/mol. The van der Waals surface area contributed by atoms with Crippen LogP contribution in [0.5, 0.6) is 11.5 Å². The second-order valence-corrected chi connectivity index (χ2v) is 7.08. The third-order valence-corrected chi connectivity index (χ3v) is 4.87. The Balaban J connectivity index is 1.38. The molecule has 0 saturated heterocycles. The quantitative estimate of drug-likeness (QED) is 0.368. The van der Waals surface area contributed by atoms with Crippen LogP contribution in [0.25, 0.3) is 28.1 Å². The lowest BCUT2D eigenvalue weighted by molar-refractivity contribution is 0.144. The number of benzene rings is 3. The van der Waals surface area contributed by atoms with Crippen LogP contribution < -0.4 is 9.47 Å². The van der Waals surface area contributed by atoms with Crippen LogP contribution in [0.1, 0.15) is 5.56 Å². The van der Waals surface area contributed by atoms with E-state index in [4.69, 9.17) is 9.84 Å². The third-order valence-electron chi connectivity index (χ3n) is 4.87. The summed E-state index contributed by atoms with van der Waals surface area (Å²) in [6.07, 6.45) is 1.36. The summed E-state index contributed by atoms with van der Waals surface area (Å²) >= 11 is 0. The van der Waals surface area contributed by atoms with Gasteiger partial charge in [0.1, 0.15) is 12.4 Å². The lowest BCUT2D eigenvalue weighted by Crippen LogP contribution is -2.02. The second-order valence-electron chi connectivity index (χ2n) is 7.08. The molecule has 158 valence electrons. The Morgan fingerprint density at radius 2 is 1.81 bits per heavy atom. The molecular weight excluding hydrogens is 408 g/mol. The van der Waals surface area contributed by atoms with E-state index >= 15 is 0 Å². The first-order valence-corrected chi connectivity index (χ1v) is 9.87. The van der Waals surface area contributed by atoms with Crippen LogP contribution >= 0.6 is 0 Å². The Hall–Kier alpha value is -4.59. The van der Waals surface area contributed by atoms with Crippen LogP contribution in [-0.4, -0.2) is 31.0 Å². The number of nitrogens with zero attached hydrogens (tertiary/aromatic N) is 3. The van der Waals surface area contributed by atoms with Crippen molar-refractivity contribution in [1.29, 1.82) is 0 Å². The van der Waals surface area contributed by atoms with Gasteiger partial charge in [0.2, 0.25) is 5.95 Å². The van der Waals surface area contributed by atoms with Gasteiger partial charge in [0.25, 0.3) is 0 Å². The SMILES string of the molecule is O=C(O)Oc1cnn(-c2nc3cc(-c4cccc(OCc5ccccc5)c4)ccc3[nH]2)c1. The highest BCUT2D eigenvalue weighted by Crippen LogP contribution is 2.27. The highest BCUT2D eigenvalue weighted by Gasteiger charge is 2.10. The molecule has 0 unspecified atom stereocenters. The molecule has 0 aliphatic heterocycles. The van der Waals surface area contributed by atoms with Crippen LogP contribution in [0.15, 0.2) is 85.2 Å². The zero-order chi connectivity index (χ0) is 21.9. The van der Waals surface area contributed by atoms with Crippen LogP contribution in [0, 0.1) is 0 Å². The molecule has 2 heterocycles. The largest absolute Gasteiger partial charge is 0.511 e. The van der Waals surface area contributed by atoms with E-state index in [0.29, 0.717) is 12.6 Å². The van der Waals surface area contributed by atoms with E-state index in [9.17, 15) is 4.79 Å². The summed E-state index contributed by atoms with van der Waals surface area (Å²) in [7, 11) is 0. The number of carbonyl (C=O) groups is 1. The van der Waals surface area contributed by atoms with Gasteiger partial charge in [-0.1, -0.05) is 48.5 Å². The van der Waals surface area contributed by atoms with Crippen molar-refractivity contribution in [1.82, 2.24) is 19.7 Å². The molecule has 5 aromatic rings. The van der Waals surface area contributed by atoms with E-state index in [0.717, 1.165) is 33.5 Å². The minimum Gasteiger partial charge on any atom is -0.489 e. The number of aromatic nitrogens is 4. The van der Waals surface area contributed by atoms with E-state index in [1.165, 1.54) is 17.1 Å². The molecular formula is C24H18N4O4. The van der Waals surface area contributed by atoms with Gasteiger partial charge in [-0.3, -0.25) is 0 Å². The summed E-state index contributed by atoms with van der Waals surface area (Å²) in [6.45, 7) is 0.503. The van der Waals surface area contributed by atoms with Gasteiger partial charge in [0.05, 0.1) is 23.4 Å². The molecule has 8 heteroatoms. The Morgan fingerprint density at radius 3 is 2.66 bits per heavy atom. The van der Waals surface area contributed by atoms with Crippen LogP contribution in [0.4, 0.5) is 4.79 Å². The zero-order valence-corrected chi connectivity index (χ0v) is 16.8. The smallest absolute Gasteiger partial charge is 0.489 e. The summed E-state index contributed by atoms with van der Waals surface area (Å²) < 4.78 is 12.0. The fourth-order valence-corrected chi connectivity index (χ4v) is 3.36. The highest BCUT2D eigenvalue weighted by molar-refractivity contribution is 5.83. The number of carboxylic acid groups (broad SMARTS) is 1. The van der Waals surface area contributed by atoms with Gasteiger partial charge in [0.15, 0.2) is 5.75 Å². The minimum atomic E-state index is -1.39. The van der Waals surface area contributed by atoms with Crippen molar-refractivity contribution in [3.05, 3.63) is 90.8 Å². The molecule has 2 N–H and O–H groups in total. The van der Waals surface area contributed by atoms with E-state index in [2.05, 4.69) is 19.8 Å². The molecule has 2 aromatic heterocycles. The third kappa shape index (κ3) is 4.15. The Labute approximate surface area is 182 Å². The predicted molar refractivity (Wildman–Crippen MR) is 118 cm³/mol. The highest BCUT2D eigenvalue weighted by atomic mass is 16.7. The van der Waals surface area contributed by atoms with Gasteiger partial charge in [-0.15, -0.1) is 0 Å². The first-order chi connectivity index (χ1) is 15.6. The lowest BCUT2D eigenvalue weighted by atomic mass is 10.0. The first kappa shape index (κ1) is 19.4. The van der Waals surface area contributed by atoms with Gasteiger partial charge in [-0.05, 0) is 41.0 Å². The van der Waals surface area contributed by atoms with Crippen LogP contribution in [0.3, 0.4) is 0 Å². The average molecular weight is 426 g/mol. The van der Waals surface area contributed by atoms with E-state index in [1.807, 2.05) is 72.8 Å². The minimum absolute atomic E-state index is 0.117. The first-order valence-electron chi connectivity index (χ1n) is 9.87. The average Bonchev–Trinajstić information content (AvgIpc) is 3.44. The number of ether oxygens (including phenoxy) is 2. The van der Waals surface area contributed by atoms with Crippen molar-refractivity contribution in [2.45, 2.75) is 6.61 Å². The molecule has 0 bridgehead atoms. The second kappa shape index (κ2) is 8.27. The number of nitrogens with one attached hydrogen (secondary N) is 1. The maximum Gasteiger partial charge on any atom is 0.511 e. The molecule has 5 rings (SSSR count). The van der Waals surface area contributed by atoms with Crippen molar-refractivity contribution in [2.75, 3.05) is 0 Å². The summed E-state index contributed by atoms with van der Waals surface area (Å²) in [4.78, 5) is 18.4. The molecule has 0 aliphatic rings. The van der Waals surface area contributed by atoms with Gasteiger partial charge in [-0.2, -0.15) is 5.10 Å². The van der Waals surface area contributed by atoms with E-state index < -0.39 is 6.16 Å². The predicted octanol–water partition coefficient (Wildman–Crippen LogP) is 5.05. The standard InChI is InChI=1S/C24H18N4O4/c29-24(30)32-20-13-25-28(14-20)23-26-21-10-9-18(12-22(21)27-23)17-7-4-8-19(11-17)31-15-16-5-2-1-3-6-16/h1-14H,15H2,(H,26,27)(H,29,30). The fraction of sp³-hybridized carbons (Fsp3) is 0.0417. The molecule has 0 atom stereocenters. The lowest BCUT2D eigenvalue weighted by Gasteiger charge is -2.08. The van der Waals surface area contributed by atoms with Crippen molar-refractivity contribution >= 4 is 17.2 Å². The number of H-pyrrole nitrogens is 1. The van der Waals surface area contributed by atoms with Gasteiger partial charge >= 0.3 is 6.16 Å². The molecule has 0 saturated carbocycles. The van der Waals surface area contributed by atoms with Crippen molar-refractivity contribution in [3.8, 4) is 28.6 Å². The van der Waals surface area contributed by atoms with Gasteiger partial charge in [0, 0.05) is 0 Å². The maximum absolute atomic E-state index is 10.7. The van der Waals surface area contributed by atoms with Gasteiger partial charge in [-0.25, -0.2) is 14.5 Å². The van der Waals surface area contributed by atoms with Crippen LogP contribution in [0.2, 0.25) is 0 Å². The van der Waals surface area contributed by atoms with Crippen molar-refractivity contribution < 1.29 is 19.4 Å². The molecule has 0 spiro atoms. The van der Waals surface area contributed by atoms with E-state index in [1.54, 1.807) is 0 Å². The fourth-order valence-electron chi connectivity index (χ4n) is 3.36. The summed E-state index contributed by atoms with van der Waals surface area (Å²) in [5.41, 5.74) is 4.70. The Morgan fingerprint density at radius 1 is 0.969 bits per heavy atom. The normalized spacial score (nSPS) is 10.9. The van der Waals surface area contributed by atoms with Gasteiger partial charge < -0.3 is 19.6 Å². The molecule has 8 nitrogen and oxygen atoms in total. The number of hydrogen-bond acceptors (Lipinski definition) is 5. The molecule has 3 aromatic carbocycles. The number of imidazole rings is 1. The van der Waals surface area contributed by atoms with Crippen molar-refractivity contribution in [2.24, 2.45) is 0 Å². The summed E-state index contributed by atoms with van der Waals surface area (Å²) in [5, 5.41) is 12.8. The number of rotatable bonds is 6. The van der Waals surface area contributed by atoms with E-state index in [-0.39, 0.29) is 5.75 Å². The number of aromatic amines is 1. The number of hydrogen-bond donors (Lipinski definition) is 2. The Kier molecular flexibility index (Phi) is 5.01. The molecule has 0 radical (unpaired) electrons. The molecule has 0 aliphatic carbocycles. The van der Waals surface area contributed by atoms with Crippen LogP contribution in [-0.2, 0) is 6.61 Å². The summed E-state index contributed by atoms with van der Waals surface area (Å²) in [5.74, 6) is 1.36. The molecule has 0 amide bonds. The Bertz CT molecular complexity index is 1390. The maximum atomic E-state index is 10.7. The van der Waals surface area contributed by atoms with Crippen molar-refractivity contribution in [3.63, 3.8) is 0 Å². The topological polar surface area (TPSA) is 102 Å². The molecule has 0 fully saturated rings. The summed E-state index contributed by atoms with van der Waals surface area (Å²) in [6, 6.07) is 23.9. The molecule has 32 heavy (non-hydrogen) atoms.